The molecule has 4 nitrogen and oxygen atoms in total. The molecule has 1 saturated heterocycles. The molecule has 0 aromatic heterocycles. The third-order valence-electron chi connectivity index (χ3n) is 8.43. The molecule has 0 unspecified atom stereocenters. The molecule has 0 spiro atoms. The zero-order valence-electron chi connectivity index (χ0n) is 16.4. The molecule has 6 atom stereocenters. The van der Waals surface area contributed by atoms with Crippen molar-refractivity contribution in [3.63, 3.8) is 0 Å². The minimum absolute atomic E-state index is 0.0496. The molecule has 4 heteroatoms. The molecule has 0 bridgehead atoms. The van der Waals surface area contributed by atoms with E-state index < -0.39 is 0 Å². The third kappa shape index (κ3) is 2.71. The summed E-state index contributed by atoms with van der Waals surface area (Å²) >= 11 is 0. The fourth-order valence-corrected chi connectivity index (χ4v) is 7.00. The van der Waals surface area contributed by atoms with Crippen molar-refractivity contribution in [3.8, 4) is 0 Å². The van der Waals surface area contributed by atoms with Gasteiger partial charge in [-0.05, 0) is 80.1 Å². The lowest BCUT2D eigenvalue weighted by molar-refractivity contribution is -0.152. The summed E-state index contributed by atoms with van der Waals surface area (Å²) in [5.74, 6) is 3.49. The van der Waals surface area contributed by atoms with Crippen LogP contribution in [-0.4, -0.2) is 18.5 Å². The van der Waals surface area contributed by atoms with Crippen molar-refractivity contribution in [3.05, 3.63) is 11.8 Å². The predicted octanol–water partition coefficient (Wildman–Crippen LogP) is 4.63. The Balaban J connectivity index is 1.52. The molecule has 4 aliphatic rings. The monoisotopic (exact) mass is 360 g/mol. The number of fused-ring (bicyclic) bond motifs is 5. The fraction of sp³-hybridized carbons (Fsp3) is 0.818. The Kier molecular flexibility index (Phi) is 4.44. The molecule has 0 aromatic carbocycles. The Morgan fingerprint density at radius 2 is 2.04 bits per heavy atom. The van der Waals surface area contributed by atoms with Crippen LogP contribution in [0, 0.1) is 34.5 Å². The Hall–Kier alpha value is -1.32. The van der Waals surface area contributed by atoms with Gasteiger partial charge in [-0.15, -0.1) is 0 Å². The Bertz CT molecular complexity index is 638. The summed E-state index contributed by atoms with van der Waals surface area (Å²) in [5, 5.41) is 0. The average Bonchev–Trinajstić information content (AvgIpc) is 2.92. The molecule has 3 aliphatic carbocycles. The molecule has 1 aliphatic heterocycles. The number of hydrogen-bond acceptors (Lipinski definition) is 4. The summed E-state index contributed by atoms with van der Waals surface area (Å²) in [6.07, 6.45) is 10.8. The highest BCUT2D eigenvalue weighted by Crippen LogP contribution is 2.66. The highest BCUT2D eigenvalue weighted by molar-refractivity contribution is 5.72. The van der Waals surface area contributed by atoms with E-state index in [4.69, 9.17) is 9.47 Å². The first-order valence-corrected chi connectivity index (χ1v) is 10.4. The topological polar surface area (TPSA) is 52.6 Å². The van der Waals surface area contributed by atoms with E-state index in [-0.39, 0.29) is 17.4 Å². The van der Waals surface area contributed by atoms with Crippen molar-refractivity contribution in [1.82, 2.24) is 0 Å². The van der Waals surface area contributed by atoms with Gasteiger partial charge < -0.3 is 9.47 Å². The lowest BCUT2D eigenvalue weighted by atomic mass is 9.49. The third-order valence-corrected chi connectivity index (χ3v) is 8.43. The highest BCUT2D eigenvalue weighted by Gasteiger charge is 2.59. The van der Waals surface area contributed by atoms with Crippen LogP contribution in [0.2, 0.25) is 0 Å². The van der Waals surface area contributed by atoms with E-state index in [0.717, 1.165) is 30.9 Å². The largest absolute Gasteiger partial charge is 0.466 e. The minimum atomic E-state index is -0.168. The molecule has 4 rings (SSSR count). The molecule has 2 saturated carbocycles. The summed E-state index contributed by atoms with van der Waals surface area (Å²) < 4.78 is 10.9. The molecule has 0 amide bonds. The number of allylic oxidation sites excluding steroid dienone is 2. The molecule has 0 aromatic rings. The van der Waals surface area contributed by atoms with Crippen LogP contribution in [0.25, 0.3) is 0 Å². The van der Waals surface area contributed by atoms with Gasteiger partial charge in [0.05, 0.1) is 6.61 Å². The zero-order chi connectivity index (χ0) is 18.5. The quantitative estimate of drug-likeness (QED) is 0.689. The lowest BCUT2D eigenvalue weighted by Gasteiger charge is -2.56. The Morgan fingerprint density at radius 1 is 1.23 bits per heavy atom. The first-order valence-electron chi connectivity index (χ1n) is 10.4. The number of hydrogen-bond donors (Lipinski definition) is 0. The summed E-state index contributed by atoms with van der Waals surface area (Å²) in [5.41, 5.74) is 0.419. The second-order valence-electron chi connectivity index (χ2n) is 9.52. The summed E-state index contributed by atoms with van der Waals surface area (Å²) in [7, 11) is 0. The Labute approximate surface area is 156 Å². The van der Waals surface area contributed by atoms with Crippen molar-refractivity contribution >= 4 is 11.9 Å². The summed E-state index contributed by atoms with van der Waals surface area (Å²) in [6.45, 7) is 6.88. The molecule has 3 fully saturated rings. The maximum absolute atomic E-state index is 11.7. The molecular formula is C22H32O4. The number of carbonyl (C=O) groups is 2. The molecule has 1 heterocycles. The molecular weight excluding hydrogens is 328 g/mol. The number of carbonyl (C=O) groups excluding carboxylic acids is 2. The predicted molar refractivity (Wildman–Crippen MR) is 97.9 cm³/mol. The van der Waals surface area contributed by atoms with Crippen LogP contribution in [0.15, 0.2) is 11.8 Å². The van der Waals surface area contributed by atoms with Crippen LogP contribution in [-0.2, 0) is 19.1 Å². The van der Waals surface area contributed by atoms with Crippen LogP contribution in [0.5, 0.6) is 0 Å². The first-order chi connectivity index (χ1) is 12.3. The van der Waals surface area contributed by atoms with Gasteiger partial charge in [0.15, 0.2) is 0 Å². The SMILES string of the molecule is CC(=O)OCC[C@@H]1CC[C@H]2[C@@H]3CC=C4OC(=O)CC[C@@]4(C)[C@@H]3CC[C@@]12C. The Morgan fingerprint density at radius 3 is 2.81 bits per heavy atom. The van der Waals surface area contributed by atoms with Crippen LogP contribution in [0.3, 0.4) is 0 Å². The molecule has 0 radical (unpaired) electrons. The summed E-state index contributed by atoms with van der Waals surface area (Å²) in [6, 6.07) is 0. The minimum Gasteiger partial charge on any atom is -0.466 e. The maximum Gasteiger partial charge on any atom is 0.310 e. The number of ether oxygens (including phenoxy) is 2. The normalized spacial score (nSPS) is 44.3. The van der Waals surface area contributed by atoms with E-state index in [1.54, 1.807) is 0 Å². The van der Waals surface area contributed by atoms with E-state index in [1.807, 2.05) is 0 Å². The van der Waals surface area contributed by atoms with Crippen LogP contribution in [0.4, 0.5) is 0 Å². The standard InChI is InChI=1S/C22H32O4/c1-14(23)25-13-10-15-4-6-17-16-5-7-19-22(3,12-9-20(24)26-19)18(16)8-11-21(15,17)2/h7,15-18H,4-6,8-13H2,1-3H3/t15-,16-,17-,18+,21-,22-/m0/s1. The van der Waals surface area contributed by atoms with E-state index >= 15 is 0 Å². The van der Waals surface area contributed by atoms with Gasteiger partial charge >= 0.3 is 11.9 Å². The van der Waals surface area contributed by atoms with Crippen molar-refractivity contribution in [1.29, 1.82) is 0 Å². The van der Waals surface area contributed by atoms with Gasteiger partial charge in [0.2, 0.25) is 0 Å². The fourth-order valence-electron chi connectivity index (χ4n) is 7.00. The van der Waals surface area contributed by atoms with E-state index in [9.17, 15) is 9.59 Å². The maximum atomic E-state index is 11.7. The van der Waals surface area contributed by atoms with Gasteiger partial charge in [0, 0.05) is 18.8 Å². The zero-order valence-corrected chi connectivity index (χ0v) is 16.4. The smallest absolute Gasteiger partial charge is 0.310 e. The van der Waals surface area contributed by atoms with Gasteiger partial charge in [0.1, 0.15) is 5.76 Å². The molecule has 26 heavy (non-hydrogen) atoms. The van der Waals surface area contributed by atoms with Crippen LogP contribution in [0.1, 0.15) is 72.1 Å². The number of esters is 2. The van der Waals surface area contributed by atoms with Gasteiger partial charge in [-0.3, -0.25) is 9.59 Å². The van der Waals surface area contributed by atoms with E-state index in [1.165, 1.54) is 32.6 Å². The molecule has 144 valence electrons. The van der Waals surface area contributed by atoms with E-state index in [2.05, 4.69) is 19.9 Å². The van der Waals surface area contributed by atoms with Gasteiger partial charge in [0.25, 0.3) is 0 Å². The van der Waals surface area contributed by atoms with Gasteiger partial charge in [-0.1, -0.05) is 13.8 Å². The molecule has 0 N–H and O–H groups in total. The van der Waals surface area contributed by atoms with Gasteiger partial charge in [-0.25, -0.2) is 0 Å². The highest BCUT2D eigenvalue weighted by atomic mass is 16.5. The van der Waals surface area contributed by atoms with Crippen LogP contribution >= 0.6 is 0 Å². The first kappa shape index (κ1) is 18.1. The van der Waals surface area contributed by atoms with Crippen molar-refractivity contribution in [2.45, 2.75) is 72.1 Å². The number of rotatable bonds is 3. The average molecular weight is 360 g/mol. The van der Waals surface area contributed by atoms with E-state index in [0.29, 0.717) is 36.2 Å². The lowest BCUT2D eigenvalue weighted by Crippen LogP contribution is -2.50. The summed E-state index contributed by atoms with van der Waals surface area (Å²) in [4.78, 5) is 22.8. The van der Waals surface area contributed by atoms with Crippen molar-refractivity contribution < 1.29 is 19.1 Å². The van der Waals surface area contributed by atoms with Crippen LogP contribution < -0.4 is 0 Å². The second-order valence-corrected chi connectivity index (χ2v) is 9.52. The van der Waals surface area contributed by atoms with Gasteiger partial charge in [-0.2, -0.15) is 0 Å². The van der Waals surface area contributed by atoms with Crippen molar-refractivity contribution in [2.75, 3.05) is 6.61 Å². The van der Waals surface area contributed by atoms with Crippen molar-refractivity contribution in [2.24, 2.45) is 34.5 Å². The second kappa shape index (κ2) is 6.38.